The molecule has 5 heteroatoms. The molecular formula is C19H22N4O. The van der Waals surface area contributed by atoms with Gasteiger partial charge in [-0.15, -0.1) is 0 Å². The van der Waals surface area contributed by atoms with E-state index in [2.05, 4.69) is 15.3 Å². The quantitative estimate of drug-likeness (QED) is 0.633. The average Bonchev–Trinajstić information content (AvgIpc) is 2.60. The maximum atomic E-state index is 12.3. The molecule has 0 radical (unpaired) electrons. The van der Waals surface area contributed by atoms with Gasteiger partial charge in [0.25, 0.3) is 5.91 Å². The van der Waals surface area contributed by atoms with Crippen molar-refractivity contribution in [1.29, 1.82) is 0 Å². The van der Waals surface area contributed by atoms with Gasteiger partial charge in [-0.05, 0) is 60.4 Å². The van der Waals surface area contributed by atoms with Crippen LogP contribution in [-0.2, 0) is 11.2 Å². The third-order valence-electron chi connectivity index (χ3n) is 3.62. The molecule has 0 unspecified atom stereocenters. The van der Waals surface area contributed by atoms with Crippen LogP contribution in [0.15, 0.2) is 59.9 Å². The SMILES string of the molecule is C/N=C(\C=C(/C)c1cccc(N)c1)C(=O)NCCc1ccncc1. The number of pyridine rings is 1. The standard InChI is InChI=1S/C19H22N4O/c1-14(16-4-3-5-17(20)13-16)12-18(21-2)19(24)23-11-8-15-6-9-22-10-7-15/h3-7,9-10,12-13H,8,11,20H2,1-2H3,(H,23,24)/b14-12+,21-18+. The van der Waals surface area contributed by atoms with Gasteiger partial charge in [0.15, 0.2) is 0 Å². The van der Waals surface area contributed by atoms with E-state index in [1.807, 2.05) is 43.3 Å². The molecule has 2 rings (SSSR count). The number of benzene rings is 1. The number of nitrogen functional groups attached to an aromatic ring is 1. The number of allylic oxidation sites excluding steroid dienone is 1. The van der Waals surface area contributed by atoms with Crippen molar-refractivity contribution in [2.75, 3.05) is 19.3 Å². The van der Waals surface area contributed by atoms with E-state index in [-0.39, 0.29) is 5.91 Å². The van der Waals surface area contributed by atoms with Crippen molar-refractivity contribution in [3.8, 4) is 0 Å². The lowest BCUT2D eigenvalue weighted by molar-refractivity contribution is -0.114. The molecule has 2 aromatic rings. The third-order valence-corrected chi connectivity index (χ3v) is 3.62. The third kappa shape index (κ3) is 5.05. The van der Waals surface area contributed by atoms with Gasteiger partial charge in [0.2, 0.25) is 0 Å². The van der Waals surface area contributed by atoms with E-state index >= 15 is 0 Å². The summed E-state index contributed by atoms with van der Waals surface area (Å²) < 4.78 is 0. The van der Waals surface area contributed by atoms with Crippen LogP contribution < -0.4 is 11.1 Å². The molecule has 3 N–H and O–H groups in total. The fourth-order valence-corrected chi connectivity index (χ4v) is 2.26. The summed E-state index contributed by atoms with van der Waals surface area (Å²) in [5.74, 6) is -0.185. The Morgan fingerprint density at radius 1 is 1.29 bits per heavy atom. The number of nitrogens with one attached hydrogen (secondary N) is 1. The topological polar surface area (TPSA) is 80.4 Å². The summed E-state index contributed by atoms with van der Waals surface area (Å²) in [5.41, 5.74) is 9.93. The molecule has 124 valence electrons. The number of rotatable bonds is 6. The number of aliphatic imine (C=N–C) groups is 1. The monoisotopic (exact) mass is 322 g/mol. The summed E-state index contributed by atoms with van der Waals surface area (Å²) in [4.78, 5) is 20.3. The summed E-state index contributed by atoms with van der Waals surface area (Å²) in [6.07, 6.45) is 6.02. The van der Waals surface area contributed by atoms with Gasteiger partial charge in [-0.3, -0.25) is 14.8 Å². The van der Waals surface area contributed by atoms with Crippen LogP contribution in [0.5, 0.6) is 0 Å². The van der Waals surface area contributed by atoms with Crippen LogP contribution in [0.2, 0.25) is 0 Å². The molecule has 1 aromatic heterocycles. The number of hydrogen-bond donors (Lipinski definition) is 2. The van der Waals surface area contributed by atoms with Crippen LogP contribution >= 0.6 is 0 Å². The smallest absolute Gasteiger partial charge is 0.269 e. The molecule has 0 saturated heterocycles. The van der Waals surface area contributed by atoms with Crippen molar-refractivity contribution in [3.05, 3.63) is 66.0 Å². The van der Waals surface area contributed by atoms with E-state index < -0.39 is 0 Å². The zero-order chi connectivity index (χ0) is 17.4. The fraction of sp³-hybridized carbons (Fsp3) is 0.211. The fourth-order valence-electron chi connectivity index (χ4n) is 2.26. The maximum Gasteiger partial charge on any atom is 0.269 e. The highest BCUT2D eigenvalue weighted by atomic mass is 16.1. The molecular weight excluding hydrogens is 300 g/mol. The van der Waals surface area contributed by atoms with E-state index in [1.165, 1.54) is 0 Å². The van der Waals surface area contributed by atoms with E-state index in [9.17, 15) is 4.79 Å². The number of anilines is 1. The highest BCUT2D eigenvalue weighted by Crippen LogP contribution is 2.16. The summed E-state index contributed by atoms with van der Waals surface area (Å²) in [6.45, 7) is 2.48. The van der Waals surface area contributed by atoms with Gasteiger partial charge in [-0.2, -0.15) is 0 Å². The van der Waals surface area contributed by atoms with Crippen LogP contribution in [0.4, 0.5) is 5.69 Å². The highest BCUT2D eigenvalue weighted by Gasteiger charge is 2.08. The molecule has 1 aromatic carbocycles. The molecule has 0 aliphatic heterocycles. The Morgan fingerprint density at radius 2 is 2.04 bits per heavy atom. The Bertz CT molecular complexity index is 751. The number of carbonyl (C=O) groups excluding carboxylic acids is 1. The largest absolute Gasteiger partial charge is 0.399 e. The zero-order valence-electron chi connectivity index (χ0n) is 14.0. The van der Waals surface area contributed by atoms with Crippen molar-refractivity contribution in [2.45, 2.75) is 13.3 Å². The van der Waals surface area contributed by atoms with Gasteiger partial charge in [-0.1, -0.05) is 12.1 Å². The van der Waals surface area contributed by atoms with Crippen molar-refractivity contribution in [1.82, 2.24) is 10.3 Å². The first-order valence-electron chi connectivity index (χ1n) is 7.78. The summed E-state index contributed by atoms with van der Waals surface area (Å²) in [6, 6.07) is 11.4. The van der Waals surface area contributed by atoms with Gasteiger partial charge < -0.3 is 11.1 Å². The summed E-state index contributed by atoms with van der Waals surface area (Å²) in [7, 11) is 1.61. The lowest BCUT2D eigenvalue weighted by atomic mass is 10.0. The first kappa shape index (κ1) is 17.4. The lowest BCUT2D eigenvalue weighted by Gasteiger charge is -2.07. The number of aromatic nitrogens is 1. The molecule has 0 saturated carbocycles. The molecule has 0 fully saturated rings. The number of carbonyl (C=O) groups is 1. The van der Waals surface area contributed by atoms with Gasteiger partial charge in [0, 0.05) is 31.7 Å². The van der Waals surface area contributed by atoms with E-state index in [1.54, 1.807) is 25.5 Å². The Hall–Kier alpha value is -2.95. The molecule has 0 atom stereocenters. The van der Waals surface area contributed by atoms with Crippen molar-refractivity contribution < 1.29 is 4.79 Å². The van der Waals surface area contributed by atoms with E-state index in [0.717, 1.165) is 23.1 Å². The Balaban J connectivity index is 1.97. The van der Waals surface area contributed by atoms with Crippen molar-refractivity contribution in [3.63, 3.8) is 0 Å². The van der Waals surface area contributed by atoms with Gasteiger partial charge >= 0.3 is 0 Å². The molecule has 0 bridgehead atoms. The molecule has 1 amide bonds. The van der Waals surface area contributed by atoms with Crippen molar-refractivity contribution in [2.24, 2.45) is 4.99 Å². The lowest BCUT2D eigenvalue weighted by Crippen LogP contribution is -2.31. The van der Waals surface area contributed by atoms with Gasteiger partial charge in [-0.25, -0.2) is 0 Å². The predicted octanol–water partition coefficient (Wildman–Crippen LogP) is 2.50. The van der Waals surface area contributed by atoms with Gasteiger partial charge in [0.1, 0.15) is 5.71 Å². The molecule has 1 heterocycles. The molecule has 0 aliphatic carbocycles. The second-order valence-corrected chi connectivity index (χ2v) is 5.42. The number of nitrogens with zero attached hydrogens (tertiary/aromatic N) is 2. The van der Waals surface area contributed by atoms with Crippen LogP contribution in [0.3, 0.4) is 0 Å². The first-order chi connectivity index (χ1) is 11.6. The molecule has 0 aliphatic rings. The minimum Gasteiger partial charge on any atom is -0.399 e. The van der Waals surface area contributed by atoms with Crippen LogP contribution in [0.1, 0.15) is 18.1 Å². The Kier molecular flexibility index (Phi) is 6.25. The summed E-state index contributed by atoms with van der Waals surface area (Å²) in [5, 5.41) is 2.89. The van der Waals surface area contributed by atoms with E-state index in [0.29, 0.717) is 17.9 Å². The summed E-state index contributed by atoms with van der Waals surface area (Å²) >= 11 is 0. The minimum absolute atomic E-state index is 0.185. The van der Waals surface area contributed by atoms with Crippen molar-refractivity contribution >= 4 is 22.9 Å². The first-order valence-corrected chi connectivity index (χ1v) is 7.78. The second-order valence-electron chi connectivity index (χ2n) is 5.42. The average molecular weight is 322 g/mol. The molecule has 0 spiro atoms. The van der Waals surface area contributed by atoms with Crippen LogP contribution in [0.25, 0.3) is 5.57 Å². The normalized spacial score (nSPS) is 12.1. The number of amides is 1. The Labute approximate surface area is 142 Å². The minimum atomic E-state index is -0.185. The molecule has 24 heavy (non-hydrogen) atoms. The van der Waals surface area contributed by atoms with Gasteiger partial charge in [0.05, 0.1) is 0 Å². The van der Waals surface area contributed by atoms with Crippen LogP contribution in [-0.4, -0.2) is 30.2 Å². The predicted molar refractivity (Wildman–Crippen MR) is 98.8 cm³/mol. The second kappa shape index (κ2) is 8.62. The zero-order valence-corrected chi connectivity index (χ0v) is 14.0. The number of nitrogens with two attached hydrogens (primary N) is 1. The van der Waals surface area contributed by atoms with E-state index in [4.69, 9.17) is 5.73 Å². The highest BCUT2D eigenvalue weighted by molar-refractivity contribution is 6.44. The molecule has 5 nitrogen and oxygen atoms in total. The number of hydrogen-bond acceptors (Lipinski definition) is 4. The Morgan fingerprint density at radius 3 is 2.71 bits per heavy atom. The maximum absolute atomic E-state index is 12.3. The van der Waals surface area contributed by atoms with Crippen LogP contribution in [0, 0.1) is 0 Å².